The molecule has 0 spiro atoms. The summed E-state index contributed by atoms with van der Waals surface area (Å²) in [5, 5.41) is 3.25. The van der Waals surface area contributed by atoms with Crippen molar-refractivity contribution < 1.29 is 9.53 Å². The molecule has 0 aromatic carbocycles. The number of ether oxygens (including phenoxy) is 1. The number of carbonyl (C=O) groups excluding carboxylic acids is 1. The number of rotatable bonds is 6. The molecule has 4 rings (SSSR count). The quantitative estimate of drug-likeness (QED) is 0.672. The number of esters is 1. The van der Waals surface area contributed by atoms with Gasteiger partial charge in [-0.25, -0.2) is 14.8 Å². The van der Waals surface area contributed by atoms with Gasteiger partial charge in [0.05, 0.1) is 43.0 Å². The van der Waals surface area contributed by atoms with Crippen LogP contribution in [0.1, 0.15) is 46.3 Å². The van der Waals surface area contributed by atoms with Crippen molar-refractivity contribution in [3.8, 4) is 5.82 Å². The molecule has 3 aromatic rings. The molecule has 0 aliphatic heterocycles. The fourth-order valence-corrected chi connectivity index (χ4v) is 2.92. The Morgan fingerprint density at radius 3 is 2.85 bits per heavy atom. The van der Waals surface area contributed by atoms with Gasteiger partial charge in [0, 0.05) is 18.3 Å². The highest BCUT2D eigenvalue weighted by Gasteiger charge is 2.30. The van der Waals surface area contributed by atoms with Crippen molar-refractivity contribution in [3.63, 3.8) is 0 Å². The van der Waals surface area contributed by atoms with E-state index in [2.05, 4.69) is 25.3 Å². The Kier molecular flexibility index (Phi) is 4.53. The summed E-state index contributed by atoms with van der Waals surface area (Å²) in [5.74, 6) is 2.20. The fourth-order valence-electron chi connectivity index (χ4n) is 2.92. The van der Waals surface area contributed by atoms with Crippen LogP contribution in [0.3, 0.4) is 0 Å². The second-order valence-electron chi connectivity index (χ2n) is 6.46. The van der Waals surface area contributed by atoms with E-state index < -0.39 is 0 Å². The lowest BCUT2D eigenvalue weighted by atomic mass is 10.1. The van der Waals surface area contributed by atoms with Crippen molar-refractivity contribution in [2.45, 2.75) is 32.2 Å². The van der Waals surface area contributed by atoms with Gasteiger partial charge in [0.1, 0.15) is 11.6 Å². The van der Waals surface area contributed by atoms with Gasteiger partial charge in [0.15, 0.2) is 5.82 Å². The van der Waals surface area contributed by atoms with Crippen LogP contribution in [0.2, 0.25) is 0 Å². The zero-order valence-electron chi connectivity index (χ0n) is 15.2. The Labute approximate surface area is 156 Å². The molecule has 0 amide bonds. The molecule has 27 heavy (non-hydrogen) atoms. The van der Waals surface area contributed by atoms with Crippen molar-refractivity contribution in [3.05, 3.63) is 59.7 Å². The van der Waals surface area contributed by atoms with E-state index in [4.69, 9.17) is 4.74 Å². The zero-order valence-corrected chi connectivity index (χ0v) is 15.2. The minimum atomic E-state index is -0.335. The van der Waals surface area contributed by atoms with Crippen molar-refractivity contribution >= 4 is 11.8 Å². The topological polar surface area (TPSA) is 94.8 Å². The first-order valence-electron chi connectivity index (χ1n) is 8.80. The number of aryl methyl sites for hydroxylation is 1. The molecular formula is C19H20N6O2. The highest BCUT2D eigenvalue weighted by atomic mass is 16.5. The number of aromatic nitrogens is 5. The second kappa shape index (κ2) is 7.14. The lowest BCUT2D eigenvalue weighted by Gasteiger charge is -2.11. The monoisotopic (exact) mass is 364 g/mol. The molecule has 1 aliphatic carbocycles. The number of methoxy groups -OCH3 is 1. The van der Waals surface area contributed by atoms with Crippen LogP contribution >= 0.6 is 0 Å². The first-order chi connectivity index (χ1) is 13.2. The van der Waals surface area contributed by atoms with Gasteiger partial charge in [-0.3, -0.25) is 14.5 Å². The number of anilines is 1. The zero-order chi connectivity index (χ0) is 18.8. The van der Waals surface area contributed by atoms with Gasteiger partial charge in [-0.05, 0) is 31.9 Å². The van der Waals surface area contributed by atoms with E-state index in [1.54, 1.807) is 24.7 Å². The lowest BCUT2D eigenvalue weighted by molar-refractivity contribution is 0.0598. The highest BCUT2D eigenvalue weighted by molar-refractivity contribution is 5.90. The van der Waals surface area contributed by atoms with Crippen LogP contribution in [0, 0.1) is 6.92 Å². The van der Waals surface area contributed by atoms with E-state index in [9.17, 15) is 4.79 Å². The summed E-state index contributed by atoms with van der Waals surface area (Å²) in [6, 6.07) is 3.63. The number of pyridine rings is 1. The van der Waals surface area contributed by atoms with Gasteiger partial charge in [-0.15, -0.1) is 0 Å². The average molecular weight is 364 g/mol. The SMILES string of the molecule is COC(=O)c1ccc(CNc2cncc(-n3ccnc3C)n2)nc1C1CC1. The molecule has 1 fully saturated rings. The Bertz CT molecular complexity index is 980. The number of carbonyl (C=O) groups is 1. The number of hydrogen-bond acceptors (Lipinski definition) is 7. The summed E-state index contributed by atoms with van der Waals surface area (Å²) in [6.07, 6.45) is 9.05. The van der Waals surface area contributed by atoms with E-state index in [0.29, 0.717) is 29.7 Å². The summed E-state index contributed by atoms with van der Waals surface area (Å²) >= 11 is 0. The number of hydrogen-bond donors (Lipinski definition) is 1. The molecule has 1 aliphatic rings. The van der Waals surface area contributed by atoms with Crippen LogP contribution in [0.5, 0.6) is 0 Å². The molecule has 1 saturated carbocycles. The van der Waals surface area contributed by atoms with Crippen molar-refractivity contribution in [2.75, 3.05) is 12.4 Å². The maximum atomic E-state index is 11.9. The number of nitrogens with zero attached hydrogens (tertiary/aromatic N) is 5. The van der Waals surface area contributed by atoms with E-state index in [-0.39, 0.29) is 5.97 Å². The molecule has 138 valence electrons. The fraction of sp³-hybridized carbons (Fsp3) is 0.316. The third-order valence-corrected chi connectivity index (χ3v) is 4.50. The van der Waals surface area contributed by atoms with E-state index in [1.807, 2.05) is 23.8 Å². The Balaban J connectivity index is 1.51. The van der Waals surface area contributed by atoms with Crippen LogP contribution in [-0.4, -0.2) is 37.6 Å². The highest BCUT2D eigenvalue weighted by Crippen LogP contribution is 2.40. The molecule has 3 aromatic heterocycles. The van der Waals surface area contributed by atoms with Gasteiger partial charge in [-0.1, -0.05) is 0 Å². The normalized spacial score (nSPS) is 13.4. The van der Waals surface area contributed by atoms with E-state index in [0.717, 1.165) is 30.1 Å². The first kappa shape index (κ1) is 17.1. The molecule has 0 atom stereocenters. The molecule has 8 nitrogen and oxygen atoms in total. The predicted molar refractivity (Wildman–Crippen MR) is 98.8 cm³/mol. The Hall–Kier alpha value is -3.29. The molecule has 0 radical (unpaired) electrons. The minimum Gasteiger partial charge on any atom is -0.465 e. The molecule has 0 unspecified atom stereocenters. The lowest BCUT2D eigenvalue weighted by Crippen LogP contribution is -2.11. The van der Waals surface area contributed by atoms with Gasteiger partial charge >= 0.3 is 5.97 Å². The van der Waals surface area contributed by atoms with Crippen LogP contribution in [0.25, 0.3) is 5.82 Å². The smallest absolute Gasteiger partial charge is 0.339 e. The summed E-state index contributed by atoms with van der Waals surface area (Å²) in [4.78, 5) is 29.6. The predicted octanol–water partition coefficient (Wildman–Crippen LogP) is 2.64. The molecule has 0 bridgehead atoms. The molecule has 1 N–H and O–H groups in total. The maximum Gasteiger partial charge on any atom is 0.339 e. The minimum absolute atomic E-state index is 0.335. The number of nitrogens with one attached hydrogen (secondary N) is 1. The van der Waals surface area contributed by atoms with E-state index >= 15 is 0 Å². The average Bonchev–Trinajstić information content (AvgIpc) is 3.46. The largest absolute Gasteiger partial charge is 0.465 e. The first-order valence-corrected chi connectivity index (χ1v) is 8.80. The molecule has 3 heterocycles. The van der Waals surface area contributed by atoms with Gasteiger partial charge in [-0.2, -0.15) is 0 Å². The van der Waals surface area contributed by atoms with E-state index in [1.165, 1.54) is 7.11 Å². The molecule has 8 heteroatoms. The molecular weight excluding hydrogens is 344 g/mol. The summed E-state index contributed by atoms with van der Waals surface area (Å²) in [6.45, 7) is 2.40. The number of imidazole rings is 1. The molecule has 0 saturated heterocycles. The second-order valence-corrected chi connectivity index (χ2v) is 6.46. The summed E-state index contributed by atoms with van der Waals surface area (Å²) in [7, 11) is 1.39. The van der Waals surface area contributed by atoms with Crippen LogP contribution in [0.15, 0.2) is 36.9 Å². The Morgan fingerprint density at radius 1 is 1.30 bits per heavy atom. The standard InChI is InChI=1S/C19H20N6O2/c1-12-21-7-8-25(12)17-11-20-10-16(24-17)22-9-14-5-6-15(19(26)27-2)18(23-14)13-3-4-13/h5-8,10-11,13H,3-4,9H2,1-2H3,(H,22,24). The van der Waals surface area contributed by atoms with Crippen LogP contribution in [-0.2, 0) is 11.3 Å². The van der Waals surface area contributed by atoms with Gasteiger partial charge < -0.3 is 10.1 Å². The third kappa shape index (κ3) is 3.64. The van der Waals surface area contributed by atoms with Gasteiger partial charge in [0.25, 0.3) is 0 Å². The summed E-state index contributed by atoms with van der Waals surface area (Å²) < 4.78 is 6.73. The Morgan fingerprint density at radius 2 is 2.15 bits per heavy atom. The van der Waals surface area contributed by atoms with Crippen molar-refractivity contribution in [2.24, 2.45) is 0 Å². The summed E-state index contributed by atoms with van der Waals surface area (Å²) in [5.41, 5.74) is 2.23. The van der Waals surface area contributed by atoms with Crippen molar-refractivity contribution in [1.29, 1.82) is 0 Å². The van der Waals surface area contributed by atoms with Gasteiger partial charge in [0.2, 0.25) is 0 Å². The third-order valence-electron chi connectivity index (χ3n) is 4.50. The van der Waals surface area contributed by atoms with Crippen molar-refractivity contribution in [1.82, 2.24) is 24.5 Å². The van der Waals surface area contributed by atoms with Crippen LogP contribution < -0.4 is 5.32 Å². The van der Waals surface area contributed by atoms with Crippen LogP contribution in [0.4, 0.5) is 5.82 Å². The maximum absolute atomic E-state index is 11.9.